The van der Waals surface area contributed by atoms with Gasteiger partial charge in [0.1, 0.15) is 12.1 Å². The molecule has 1 rings (SSSR count). The normalized spacial score (nSPS) is 23.7. The summed E-state index contributed by atoms with van der Waals surface area (Å²) in [7, 11) is 0. The molecule has 0 radical (unpaired) electrons. The van der Waals surface area contributed by atoms with E-state index in [1.807, 2.05) is 6.08 Å². The first-order valence-electron chi connectivity index (χ1n) is 3.48. The zero-order valence-corrected chi connectivity index (χ0v) is 6.03. The minimum Gasteiger partial charge on any atom is -0.299 e. The molecule has 0 N–H and O–H groups in total. The first-order valence-corrected chi connectivity index (χ1v) is 3.48. The number of carbonyl (C=O) groups excluding carboxylic acids is 1. The summed E-state index contributed by atoms with van der Waals surface area (Å²) in [5, 5.41) is 0. The van der Waals surface area contributed by atoms with E-state index in [0.717, 1.165) is 0 Å². The number of hydrogen-bond acceptors (Lipinski definition) is 1. The third-order valence-electron chi connectivity index (χ3n) is 1.50. The molecule has 1 aliphatic rings. The minimum absolute atomic E-state index is 0.0465. The maximum atomic E-state index is 12.5. The summed E-state index contributed by atoms with van der Waals surface area (Å²) in [4.78, 5) is 9.91. The highest BCUT2D eigenvalue weighted by molar-refractivity contribution is 5.64. The molecule has 1 nitrogen and oxygen atoms in total. The summed E-state index contributed by atoms with van der Waals surface area (Å²) >= 11 is 0. The van der Waals surface area contributed by atoms with E-state index >= 15 is 0 Å². The van der Waals surface area contributed by atoms with Crippen LogP contribution in [0.4, 0.5) is 4.39 Å². The minimum atomic E-state index is -0.131. The molecule has 58 valence electrons. The molecule has 0 aromatic carbocycles. The average molecular weight is 152 g/mol. The molecular formula is C9H9FO. The lowest BCUT2D eigenvalue weighted by Crippen LogP contribution is -1.95. The van der Waals surface area contributed by atoms with Gasteiger partial charge in [0, 0.05) is 12.3 Å². The van der Waals surface area contributed by atoms with E-state index in [1.54, 1.807) is 12.2 Å². The van der Waals surface area contributed by atoms with Gasteiger partial charge in [0.15, 0.2) is 0 Å². The molecule has 0 aromatic rings. The van der Waals surface area contributed by atoms with Crippen LogP contribution < -0.4 is 0 Å². The van der Waals surface area contributed by atoms with Crippen LogP contribution in [0.5, 0.6) is 0 Å². The van der Waals surface area contributed by atoms with E-state index in [9.17, 15) is 9.18 Å². The van der Waals surface area contributed by atoms with Crippen LogP contribution in [0.1, 0.15) is 6.42 Å². The molecule has 1 atom stereocenters. The first kappa shape index (κ1) is 7.92. The Bertz CT molecular complexity index is 224. The van der Waals surface area contributed by atoms with Gasteiger partial charge in [0.25, 0.3) is 0 Å². The molecule has 0 saturated carbocycles. The van der Waals surface area contributed by atoms with Crippen molar-refractivity contribution in [1.29, 1.82) is 0 Å². The van der Waals surface area contributed by atoms with Crippen molar-refractivity contribution < 1.29 is 9.18 Å². The van der Waals surface area contributed by atoms with Crippen molar-refractivity contribution in [3.05, 3.63) is 36.2 Å². The molecular weight excluding hydrogens is 143 g/mol. The molecule has 0 aromatic heterocycles. The summed E-state index contributed by atoms with van der Waals surface area (Å²) in [6.07, 6.45) is 9.13. The number of aldehydes is 1. The Hall–Kier alpha value is -1.18. The van der Waals surface area contributed by atoms with Crippen LogP contribution in [0.2, 0.25) is 0 Å². The lowest BCUT2D eigenvalue weighted by Gasteiger charge is -2.07. The maximum Gasteiger partial charge on any atom is 0.142 e. The summed E-state index contributed by atoms with van der Waals surface area (Å²) < 4.78 is 12.5. The summed E-state index contributed by atoms with van der Waals surface area (Å²) in [5.74, 6) is -0.0850. The van der Waals surface area contributed by atoms with Gasteiger partial charge in [-0.3, -0.25) is 4.79 Å². The van der Waals surface area contributed by atoms with E-state index in [2.05, 4.69) is 0 Å². The number of allylic oxidation sites excluding steroid dienone is 6. The van der Waals surface area contributed by atoms with E-state index in [-0.39, 0.29) is 11.7 Å². The van der Waals surface area contributed by atoms with Gasteiger partial charge in [-0.05, 0) is 12.2 Å². The predicted molar refractivity (Wildman–Crippen MR) is 41.6 cm³/mol. The van der Waals surface area contributed by atoms with Crippen LogP contribution in [0.25, 0.3) is 0 Å². The van der Waals surface area contributed by atoms with Gasteiger partial charge in [-0.25, -0.2) is 4.39 Å². The van der Waals surface area contributed by atoms with Gasteiger partial charge in [-0.1, -0.05) is 18.2 Å². The van der Waals surface area contributed by atoms with Gasteiger partial charge >= 0.3 is 0 Å². The zero-order chi connectivity index (χ0) is 8.10. The lowest BCUT2D eigenvalue weighted by molar-refractivity contribution is -0.104. The molecule has 2 heteroatoms. The maximum absolute atomic E-state index is 12.5. The van der Waals surface area contributed by atoms with Crippen molar-refractivity contribution in [2.75, 3.05) is 0 Å². The molecule has 0 amide bonds. The lowest BCUT2D eigenvalue weighted by atomic mass is 10.00. The standard InChI is InChI=1S/C9H9FO/c10-9-5-1-3-8(7-9)4-2-6-11/h1-6,8H,7H2/b4-2+. The van der Waals surface area contributed by atoms with Crippen molar-refractivity contribution in [2.24, 2.45) is 5.92 Å². The zero-order valence-electron chi connectivity index (χ0n) is 6.03. The highest BCUT2D eigenvalue weighted by Gasteiger charge is 2.06. The SMILES string of the molecule is O=C/C=C/C1C=CC=C(F)C1. The molecule has 1 aliphatic carbocycles. The van der Waals surface area contributed by atoms with E-state index in [1.165, 1.54) is 12.2 Å². The molecule has 11 heavy (non-hydrogen) atoms. The van der Waals surface area contributed by atoms with Crippen LogP contribution in [-0.2, 0) is 4.79 Å². The van der Waals surface area contributed by atoms with Crippen LogP contribution >= 0.6 is 0 Å². The largest absolute Gasteiger partial charge is 0.299 e. The molecule has 0 bridgehead atoms. The fourth-order valence-corrected chi connectivity index (χ4v) is 0.984. The highest BCUT2D eigenvalue weighted by atomic mass is 19.1. The quantitative estimate of drug-likeness (QED) is 0.437. The van der Waals surface area contributed by atoms with Gasteiger partial charge in [0.2, 0.25) is 0 Å². The van der Waals surface area contributed by atoms with Crippen molar-refractivity contribution >= 4 is 6.29 Å². The molecule has 0 spiro atoms. The fraction of sp³-hybridized carbons (Fsp3) is 0.222. The Labute approximate surface area is 64.9 Å². The second-order valence-corrected chi connectivity index (χ2v) is 2.39. The monoisotopic (exact) mass is 152 g/mol. The van der Waals surface area contributed by atoms with Crippen molar-refractivity contribution in [2.45, 2.75) is 6.42 Å². The number of hydrogen-bond donors (Lipinski definition) is 0. The Balaban J connectivity index is 2.52. The third kappa shape index (κ3) is 2.50. The Morgan fingerprint density at radius 1 is 1.64 bits per heavy atom. The van der Waals surface area contributed by atoms with Gasteiger partial charge in [-0.15, -0.1) is 0 Å². The highest BCUT2D eigenvalue weighted by Crippen LogP contribution is 2.19. The van der Waals surface area contributed by atoms with Crippen molar-refractivity contribution in [1.82, 2.24) is 0 Å². The predicted octanol–water partition coefficient (Wildman–Crippen LogP) is 2.17. The number of halogens is 1. The Morgan fingerprint density at radius 3 is 3.09 bits per heavy atom. The number of carbonyl (C=O) groups is 1. The van der Waals surface area contributed by atoms with Crippen LogP contribution in [0.3, 0.4) is 0 Å². The second kappa shape index (κ2) is 3.86. The van der Waals surface area contributed by atoms with Crippen LogP contribution in [-0.4, -0.2) is 6.29 Å². The Kier molecular flexibility index (Phi) is 2.78. The van der Waals surface area contributed by atoms with Crippen LogP contribution in [0.15, 0.2) is 36.2 Å². The summed E-state index contributed by atoms with van der Waals surface area (Å²) in [5.41, 5.74) is 0. The fourth-order valence-electron chi connectivity index (χ4n) is 0.984. The summed E-state index contributed by atoms with van der Waals surface area (Å²) in [6.45, 7) is 0. The van der Waals surface area contributed by atoms with E-state index in [0.29, 0.717) is 12.7 Å². The van der Waals surface area contributed by atoms with Gasteiger partial charge in [0.05, 0.1) is 0 Å². The second-order valence-electron chi connectivity index (χ2n) is 2.39. The van der Waals surface area contributed by atoms with Crippen molar-refractivity contribution in [3.63, 3.8) is 0 Å². The van der Waals surface area contributed by atoms with Gasteiger partial charge in [-0.2, -0.15) is 0 Å². The van der Waals surface area contributed by atoms with Crippen molar-refractivity contribution in [3.8, 4) is 0 Å². The molecule has 0 saturated heterocycles. The topological polar surface area (TPSA) is 17.1 Å². The Morgan fingerprint density at radius 2 is 2.45 bits per heavy atom. The smallest absolute Gasteiger partial charge is 0.142 e. The molecule has 0 aliphatic heterocycles. The molecule has 1 unspecified atom stereocenters. The molecule has 0 heterocycles. The van der Waals surface area contributed by atoms with Crippen LogP contribution in [0, 0.1) is 5.92 Å². The summed E-state index contributed by atoms with van der Waals surface area (Å²) in [6, 6.07) is 0. The average Bonchev–Trinajstić information content (AvgIpc) is 2.01. The van der Waals surface area contributed by atoms with E-state index in [4.69, 9.17) is 0 Å². The van der Waals surface area contributed by atoms with E-state index < -0.39 is 0 Å². The first-order chi connectivity index (χ1) is 5.33. The third-order valence-corrected chi connectivity index (χ3v) is 1.50. The van der Waals surface area contributed by atoms with Gasteiger partial charge < -0.3 is 0 Å². The number of rotatable bonds is 2. The molecule has 0 fully saturated rings.